The van der Waals surface area contributed by atoms with Crippen molar-refractivity contribution in [3.8, 4) is 0 Å². The Balaban J connectivity index is 2.17. The van der Waals surface area contributed by atoms with Crippen LogP contribution in [-0.4, -0.2) is 12.5 Å². The molecule has 98 valence electrons. The quantitative estimate of drug-likeness (QED) is 0.858. The number of carbonyl (C=O) groups excluding carboxylic acids is 1. The van der Waals surface area contributed by atoms with Crippen molar-refractivity contribution in [1.29, 1.82) is 0 Å². The first-order chi connectivity index (χ1) is 9.29. The second-order valence-corrected chi connectivity index (χ2v) is 4.42. The van der Waals surface area contributed by atoms with Crippen LogP contribution in [-0.2, 0) is 11.2 Å². The van der Waals surface area contributed by atoms with Crippen LogP contribution in [0, 0.1) is 0 Å². The molecule has 0 aromatic heterocycles. The van der Waals surface area contributed by atoms with Crippen LogP contribution in [0.3, 0.4) is 0 Å². The average Bonchev–Trinajstić information content (AvgIpc) is 2.48. The van der Waals surface area contributed by atoms with E-state index in [4.69, 9.17) is 5.73 Å². The van der Waals surface area contributed by atoms with Crippen LogP contribution in [0.25, 0.3) is 0 Å². The second kappa shape index (κ2) is 6.71. The van der Waals surface area contributed by atoms with Gasteiger partial charge in [-0.1, -0.05) is 60.7 Å². The third-order valence-corrected chi connectivity index (χ3v) is 3.01. The third-order valence-electron chi connectivity index (χ3n) is 3.01. The molecule has 2 aromatic carbocycles. The zero-order chi connectivity index (χ0) is 13.5. The summed E-state index contributed by atoms with van der Waals surface area (Å²) in [6, 6.07) is 20.0. The minimum Gasteiger partial charge on any atom is -0.348 e. The van der Waals surface area contributed by atoms with Gasteiger partial charge in [-0.3, -0.25) is 4.79 Å². The Morgan fingerprint density at radius 3 is 2.16 bits per heavy atom. The van der Waals surface area contributed by atoms with Gasteiger partial charge >= 0.3 is 0 Å². The molecule has 0 aliphatic rings. The molecule has 3 N–H and O–H groups in total. The molecule has 1 amide bonds. The highest BCUT2D eigenvalue weighted by Gasteiger charge is 2.14. The average molecular weight is 254 g/mol. The molecule has 19 heavy (non-hydrogen) atoms. The van der Waals surface area contributed by atoms with Crippen molar-refractivity contribution in [3.63, 3.8) is 0 Å². The lowest BCUT2D eigenvalue weighted by Crippen LogP contribution is -2.34. The summed E-state index contributed by atoms with van der Waals surface area (Å²) in [6.07, 6.45) is 0.761. The molecule has 2 aromatic rings. The lowest BCUT2D eigenvalue weighted by Gasteiger charge is -2.19. The molecule has 0 fully saturated rings. The van der Waals surface area contributed by atoms with Gasteiger partial charge < -0.3 is 11.1 Å². The fourth-order valence-electron chi connectivity index (χ4n) is 2.04. The van der Waals surface area contributed by atoms with Gasteiger partial charge in [0.05, 0.1) is 12.6 Å². The minimum absolute atomic E-state index is 0.0120. The summed E-state index contributed by atoms with van der Waals surface area (Å²) in [7, 11) is 0. The van der Waals surface area contributed by atoms with Crippen LogP contribution in [0.4, 0.5) is 0 Å². The Kier molecular flexibility index (Phi) is 4.70. The van der Waals surface area contributed by atoms with Crippen LogP contribution in [0.15, 0.2) is 60.7 Å². The molecular formula is C16H18N2O. The number of nitrogens with two attached hydrogens (primary N) is 1. The molecular weight excluding hydrogens is 236 g/mol. The first-order valence-corrected chi connectivity index (χ1v) is 6.38. The normalized spacial score (nSPS) is 11.8. The van der Waals surface area contributed by atoms with Gasteiger partial charge in [0, 0.05) is 0 Å². The number of hydrogen-bond acceptors (Lipinski definition) is 2. The van der Waals surface area contributed by atoms with E-state index < -0.39 is 0 Å². The summed E-state index contributed by atoms with van der Waals surface area (Å²) in [4.78, 5) is 11.5. The largest absolute Gasteiger partial charge is 0.348 e. The molecule has 0 aliphatic carbocycles. The Morgan fingerprint density at radius 1 is 1.00 bits per heavy atom. The number of hydrogen-bond donors (Lipinski definition) is 2. The molecule has 0 aliphatic heterocycles. The van der Waals surface area contributed by atoms with E-state index >= 15 is 0 Å². The SMILES string of the molecule is NCC(=O)NC(Cc1ccccc1)c1ccccc1. The molecule has 1 atom stereocenters. The van der Waals surface area contributed by atoms with Crippen molar-refractivity contribution in [2.24, 2.45) is 5.73 Å². The van der Waals surface area contributed by atoms with Crippen LogP contribution in [0.2, 0.25) is 0 Å². The summed E-state index contributed by atoms with van der Waals surface area (Å²) in [5, 5.41) is 2.97. The molecule has 0 heterocycles. The standard InChI is InChI=1S/C16H18N2O/c17-12-16(19)18-15(14-9-5-2-6-10-14)11-13-7-3-1-4-8-13/h1-10,15H,11-12,17H2,(H,18,19). The lowest BCUT2D eigenvalue weighted by molar-refractivity contribution is -0.120. The van der Waals surface area contributed by atoms with Crippen LogP contribution in [0.1, 0.15) is 17.2 Å². The molecule has 0 saturated carbocycles. The molecule has 2 rings (SSSR count). The van der Waals surface area contributed by atoms with Gasteiger partial charge in [-0.25, -0.2) is 0 Å². The minimum atomic E-state index is -0.134. The topological polar surface area (TPSA) is 55.1 Å². The van der Waals surface area contributed by atoms with Gasteiger partial charge in [-0.2, -0.15) is 0 Å². The van der Waals surface area contributed by atoms with Crippen LogP contribution >= 0.6 is 0 Å². The molecule has 0 spiro atoms. The Labute approximate surface area is 113 Å². The maximum atomic E-state index is 11.5. The van der Waals surface area contributed by atoms with Crippen molar-refractivity contribution in [2.45, 2.75) is 12.5 Å². The van der Waals surface area contributed by atoms with Gasteiger partial charge in [0.15, 0.2) is 0 Å². The highest BCUT2D eigenvalue weighted by atomic mass is 16.1. The lowest BCUT2D eigenvalue weighted by atomic mass is 9.99. The number of carbonyl (C=O) groups is 1. The number of amides is 1. The van der Waals surface area contributed by atoms with Gasteiger partial charge in [-0.05, 0) is 17.5 Å². The number of nitrogens with one attached hydrogen (secondary N) is 1. The van der Waals surface area contributed by atoms with E-state index in [0.717, 1.165) is 12.0 Å². The second-order valence-electron chi connectivity index (χ2n) is 4.42. The van der Waals surface area contributed by atoms with Crippen molar-refractivity contribution >= 4 is 5.91 Å². The highest BCUT2D eigenvalue weighted by Crippen LogP contribution is 2.18. The summed E-state index contributed by atoms with van der Waals surface area (Å²) < 4.78 is 0. The van der Waals surface area contributed by atoms with Crippen molar-refractivity contribution < 1.29 is 4.79 Å². The Bertz CT molecular complexity index is 511. The van der Waals surface area contributed by atoms with Gasteiger partial charge in [0.1, 0.15) is 0 Å². The van der Waals surface area contributed by atoms with E-state index in [9.17, 15) is 4.79 Å². The van der Waals surface area contributed by atoms with E-state index in [1.165, 1.54) is 5.56 Å². The predicted molar refractivity (Wildman–Crippen MR) is 76.5 cm³/mol. The molecule has 1 unspecified atom stereocenters. The van der Waals surface area contributed by atoms with Crippen LogP contribution < -0.4 is 11.1 Å². The van der Waals surface area contributed by atoms with Crippen molar-refractivity contribution in [1.82, 2.24) is 5.32 Å². The van der Waals surface area contributed by atoms with Gasteiger partial charge in [0.25, 0.3) is 0 Å². The van der Waals surface area contributed by atoms with Crippen molar-refractivity contribution in [2.75, 3.05) is 6.54 Å². The molecule has 0 saturated heterocycles. The smallest absolute Gasteiger partial charge is 0.234 e. The molecule has 0 radical (unpaired) electrons. The van der Waals surface area contributed by atoms with Gasteiger partial charge in [0.2, 0.25) is 5.91 Å². The monoisotopic (exact) mass is 254 g/mol. The number of benzene rings is 2. The van der Waals surface area contributed by atoms with E-state index in [0.29, 0.717) is 0 Å². The van der Waals surface area contributed by atoms with E-state index in [2.05, 4.69) is 17.4 Å². The fraction of sp³-hybridized carbons (Fsp3) is 0.188. The summed E-state index contributed by atoms with van der Waals surface area (Å²) in [6.45, 7) is 0.0120. The van der Waals surface area contributed by atoms with Crippen LogP contribution in [0.5, 0.6) is 0 Å². The Morgan fingerprint density at radius 2 is 1.58 bits per heavy atom. The predicted octanol–water partition coefficient (Wildman–Crippen LogP) is 2.05. The molecule has 3 heteroatoms. The molecule has 3 nitrogen and oxygen atoms in total. The zero-order valence-corrected chi connectivity index (χ0v) is 10.8. The molecule has 0 bridgehead atoms. The summed E-state index contributed by atoms with van der Waals surface area (Å²) >= 11 is 0. The van der Waals surface area contributed by atoms with Gasteiger partial charge in [-0.15, -0.1) is 0 Å². The maximum Gasteiger partial charge on any atom is 0.234 e. The first kappa shape index (κ1) is 13.3. The van der Waals surface area contributed by atoms with E-state index in [1.807, 2.05) is 48.5 Å². The summed E-state index contributed by atoms with van der Waals surface area (Å²) in [5.74, 6) is -0.134. The van der Waals surface area contributed by atoms with E-state index in [1.54, 1.807) is 0 Å². The highest BCUT2D eigenvalue weighted by molar-refractivity contribution is 5.78. The zero-order valence-electron chi connectivity index (χ0n) is 10.8. The fourth-order valence-corrected chi connectivity index (χ4v) is 2.04. The maximum absolute atomic E-state index is 11.5. The summed E-state index contributed by atoms with van der Waals surface area (Å²) in [5.41, 5.74) is 7.66. The van der Waals surface area contributed by atoms with Crippen molar-refractivity contribution in [3.05, 3.63) is 71.8 Å². The first-order valence-electron chi connectivity index (χ1n) is 6.38. The van der Waals surface area contributed by atoms with E-state index in [-0.39, 0.29) is 18.5 Å². The number of rotatable bonds is 5. The third kappa shape index (κ3) is 3.93. The Hall–Kier alpha value is -2.13.